The van der Waals surface area contributed by atoms with Gasteiger partial charge in [0.15, 0.2) is 34.1 Å². The summed E-state index contributed by atoms with van der Waals surface area (Å²) in [5.41, 5.74) is -7.11. The normalized spacial score (nSPS) is 30.0. The van der Waals surface area contributed by atoms with Crippen molar-refractivity contribution in [2.75, 3.05) is 6.61 Å². The number of nitrogens with one attached hydrogen (secondary N) is 1. The van der Waals surface area contributed by atoms with Crippen LogP contribution in [0.4, 0.5) is 4.79 Å². The predicted octanol–water partition coefficient (Wildman–Crippen LogP) is 9.32. The molecule has 398 valence electrons. The minimum atomic E-state index is -2.73. The molecule has 11 atom stereocenters. The third-order valence-electron chi connectivity index (χ3n) is 17.1. The van der Waals surface area contributed by atoms with Gasteiger partial charge in [0.1, 0.15) is 35.6 Å². The summed E-state index contributed by atoms with van der Waals surface area (Å²) in [6.07, 6.45) is -9.29. The summed E-state index contributed by atoms with van der Waals surface area (Å²) in [4.78, 5) is 73.5. The molecule has 4 aliphatic rings. The summed E-state index contributed by atoms with van der Waals surface area (Å²) in [5, 5.41) is 30.1. The zero-order valence-electron chi connectivity index (χ0n) is 45.0. The Morgan fingerprint density at radius 1 is 0.847 bits per heavy atom. The number of alkyl carbamates (subject to hydrolysis) is 1. The van der Waals surface area contributed by atoms with E-state index in [1.165, 1.54) is 6.92 Å². The summed E-state index contributed by atoms with van der Waals surface area (Å²) in [6, 6.07) is 20.1. The van der Waals surface area contributed by atoms with Crippen LogP contribution < -0.4 is 5.32 Å². The Bertz CT molecular complexity index is 2310. The van der Waals surface area contributed by atoms with E-state index in [4.69, 9.17) is 32.5 Å². The Morgan fingerprint density at radius 3 is 1.90 bits per heavy atom. The number of esters is 3. The molecule has 0 radical (unpaired) electrons. The van der Waals surface area contributed by atoms with Crippen LogP contribution >= 0.6 is 0 Å². The molecule has 17 heteroatoms. The van der Waals surface area contributed by atoms with Crippen LogP contribution in [0.15, 0.2) is 71.8 Å². The average molecular weight is 1040 g/mol. The Balaban J connectivity index is 1.60. The van der Waals surface area contributed by atoms with E-state index in [2.05, 4.69) is 26.1 Å². The molecule has 1 amide bonds. The van der Waals surface area contributed by atoms with Gasteiger partial charge in [0.2, 0.25) is 0 Å². The zero-order valence-corrected chi connectivity index (χ0v) is 47.0. The first-order valence-electron chi connectivity index (χ1n) is 26.1. The molecule has 2 aromatic carbocycles. The fraction of sp³-hybridized carbons (Fsp3) is 0.655. The number of rotatable bonds is 18. The second-order valence-corrected chi connectivity index (χ2v) is 31.7. The van der Waals surface area contributed by atoms with Crippen LogP contribution in [0.1, 0.15) is 132 Å². The molecule has 2 bridgehead atoms. The molecule has 15 nitrogen and oxygen atoms in total. The van der Waals surface area contributed by atoms with E-state index in [-0.39, 0.29) is 24.2 Å². The van der Waals surface area contributed by atoms with Crippen LogP contribution in [-0.4, -0.2) is 117 Å². The molecule has 1 aliphatic heterocycles. The molecule has 0 aromatic heterocycles. The number of aliphatic hydroxyl groups is 2. The van der Waals surface area contributed by atoms with Crippen molar-refractivity contribution in [1.82, 2.24) is 5.32 Å². The first kappa shape index (κ1) is 57.0. The second-order valence-electron chi connectivity index (χ2n) is 22.2. The standard InChI is InChI=1S/C55H81NO14Si2/c1-15-71(16-2,17-3)69-39-31-40-54(33-64-40,67-35(8)57)45-47(66-48(60)37-29-25-22-26-30-37)55(63)32-38(34(7)41(52(55,12)13)43(58)46(59)53(39,45)14)65-49(61)44(70-72(18-4,19-5)20-6)42(36-27-23-21-24-28-36)56-50(62)68-51(9,10)11/h21-30,38-40,42-45,47,58,63H,15-20,31-33H2,1-14H3,(H,56,62)/t38?,39-,40+,42-,43+,44+,45-,47-,53+,54-,55+/m0/s1. The van der Waals surface area contributed by atoms with Gasteiger partial charge in [-0.15, -0.1) is 0 Å². The Labute approximate surface area is 428 Å². The molecule has 2 saturated carbocycles. The quantitative estimate of drug-likeness (QED) is 0.0552. The van der Waals surface area contributed by atoms with Crippen LogP contribution in [0.3, 0.4) is 0 Å². The summed E-state index contributed by atoms with van der Waals surface area (Å²) < 4.78 is 46.1. The van der Waals surface area contributed by atoms with Gasteiger partial charge in [0.05, 0.1) is 35.6 Å². The van der Waals surface area contributed by atoms with Crippen molar-refractivity contribution in [2.45, 2.75) is 206 Å². The number of Topliss-reactive ketones (excluding diaryl/α,β-unsaturated/α-hetero) is 1. The number of ketones is 1. The van der Waals surface area contributed by atoms with Crippen molar-refractivity contribution in [1.29, 1.82) is 0 Å². The molecule has 2 aromatic rings. The number of aliphatic hydroxyl groups excluding tert-OH is 1. The molecular weight excluding hydrogens is 955 g/mol. The highest BCUT2D eigenvalue weighted by Crippen LogP contribution is 2.65. The van der Waals surface area contributed by atoms with E-state index in [1.54, 1.807) is 103 Å². The van der Waals surface area contributed by atoms with Crippen LogP contribution in [0.25, 0.3) is 0 Å². The van der Waals surface area contributed by atoms with Crippen molar-refractivity contribution in [3.8, 4) is 0 Å². The highest BCUT2D eigenvalue weighted by atomic mass is 28.4. The van der Waals surface area contributed by atoms with E-state index in [9.17, 15) is 24.6 Å². The molecule has 1 unspecified atom stereocenters. The Kier molecular flexibility index (Phi) is 17.1. The lowest BCUT2D eigenvalue weighted by molar-refractivity contribution is -0.344. The van der Waals surface area contributed by atoms with E-state index in [0.29, 0.717) is 29.3 Å². The van der Waals surface area contributed by atoms with E-state index in [0.717, 1.165) is 18.1 Å². The van der Waals surface area contributed by atoms with Crippen molar-refractivity contribution in [2.24, 2.45) is 16.7 Å². The molecular formula is C55H81NO14Si2. The van der Waals surface area contributed by atoms with Gasteiger partial charge in [0, 0.05) is 25.2 Å². The van der Waals surface area contributed by atoms with E-state index < -0.39 is 129 Å². The fourth-order valence-corrected chi connectivity index (χ4v) is 18.1. The molecule has 1 heterocycles. The van der Waals surface area contributed by atoms with Crippen molar-refractivity contribution in [3.63, 3.8) is 0 Å². The summed E-state index contributed by atoms with van der Waals surface area (Å²) in [7, 11) is -5.32. The van der Waals surface area contributed by atoms with Gasteiger partial charge in [0.25, 0.3) is 0 Å². The van der Waals surface area contributed by atoms with Gasteiger partial charge in [-0.2, -0.15) is 0 Å². The molecule has 0 spiro atoms. The summed E-state index contributed by atoms with van der Waals surface area (Å²) >= 11 is 0. The molecule has 3 aliphatic carbocycles. The minimum Gasteiger partial charge on any atom is -0.456 e. The molecule has 6 rings (SSSR count). The van der Waals surface area contributed by atoms with E-state index in [1.807, 2.05) is 26.8 Å². The fourth-order valence-electron chi connectivity index (χ4n) is 12.4. The molecule has 72 heavy (non-hydrogen) atoms. The zero-order chi connectivity index (χ0) is 53.4. The maximum atomic E-state index is 16.1. The number of fused-ring (bicyclic) bond motifs is 5. The van der Waals surface area contributed by atoms with Crippen LogP contribution in [0.2, 0.25) is 36.3 Å². The lowest BCUT2D eigenvalue weighted by atomic mass is 9.44. The maximum Gasteiger partial charge on any atom is 0.408 e. The third kappa shape index (κ3) is 10.3. The van der Waals surface area contributed by atoms with Crippen molar-refractivity contribution < 1.29 is 66.7 Å². The lowest BCUT2D eigenvalue weighted by Gasteiger charge is -2.68. The number of carbonyl (C=O) groups is 5. The number of carbonyl (C=O) groups excluding carboxylic acids is 5. The second kappa shape index (κ2) is 21.5. The Hall–Kier alpha value is -4.24. The number of benzene rings is 2. The molecule has 1 saturated heterocycles. The molecule has 3 fully saturated rings. The number of hydrogen-bond donors (Lipinski definition) is 3. The third-order valence-corrected chi connectivity index (χ3v) is 26.4. The van der Waals surface area contributed by atoms with Gasteiger partial charge in [-0.05, 0) is 99.7 Å². The highest BCUT2D eigenvalue weighted by Gasteiger charge is 2.78. The SMILES string of the molecule is CC[Si](CC)(CC)O[C@H]1C[C@H]2OC[C@@]2(OC(C)=O)[C@H]2[C@H](OC(=O)c3ccccc3)[C@]3(O)CC(OC(=O)[C@H](O[Si](CC)(CC)CC)[C@@H](NC(=O)OC(C)(C)C)c4ccccc4)C(C)=C([C@@H](O)C(=O)[C@]12C)C3(C)C. The van der Waals surface area contributed by atoms with Gasteiger partial charge < -0.3 is 48.1 Å². The highest BCUT2D eigenvalue weighted by molar-refractivity contribution is 6.74. The predicted molar refractivity (Wildman–Crippen MR) is 276 cm³/mol. The van der Waals surface area contributed by atoms with Crippen molar-refractivity contribution >= 4 is 46.4 Å². The number of ether oxygens (including phenoxy) is 5. The van der Waals surface area contributed by atoms with Crippen LogP contribution in [0, 0.1) is 16.7 Å². The monoisotopic (exact) mass is 1040 g/mol. The van der Waals surface area contributed by atoms with Gasteiger partial charge in [-0.1, -0.05) is 104 Å². The van der Waals surface area contributed by atoms with Crippen LogP contribution in [-0.2, 0) is 46.9 Å². The Morgan fingerprint density at radius 2 is 1.40 bits per heavy atom. The van der Waals surface area contributed by atoms with Crippen LogP contribution in [0.5, 0.6) is 0 Å². The maximum absolute atomic E-state index is 16.1. The lowest BCUT2D eigenvalue weighted by Crippen LogP contribution is -2.82. The van der Waals surface area contributed by atoms with Crippen molar-refractivity contribution in [3.05, 3.63) is 82.9 Å². The topological polar surface area (TPSA) is 202 Å². The summed E-state index contributed by atoms with van der Waals surface area (Å²) in [5.74, 6) is -4.45. The average Bonchev–Trinajstić information content (AvgIpc) is 3.33. The minimum absolute atomic E-state index is 0.0834. The number of hydrogen-bond acceptors (Lipinski definition) is 14. The first-order valence-corrected chi connectivity index (χ1v) is 31.1. The number of amides is 1. The largest absolute Gasteiger partial charge is 0.456 e. The summed E-state index contributed by atoms with van der Waals surface area (Å²) in [6.45, 7) is 25.2. The van der Waals surface area contributed by atoms with Gasteiger partial charge in [-0.3, -0.25) is 9.59 Å². The first-order chi connectivity index (χ1) is 33.7. The van der Waals surface area contributed by atoms with Gasteiger partial charge in [-0.25, -0.2) is 14.4 Å². The van der Waals surface area contributed by atoms with Gasteiger partial charge >= 0.3 is 24.0 Å². The smallest absolute Gasteiger partial charge is 0.408 e. The van der Waals surface area contributed by atoms with E-state index >= 15 is 9.59 Å². The molecule has 3 N–H and O–H groups in total.